The molecule has 10 saturated carbocycles. The van der Waals surface area contributed by atoms with Crippen molar-refractivity contribution in [2.75, 3.05) is 0 Å². The Hall–Kier alpha value is -0.0400. The van der Waals surface area contributed by atoms with Gasteiger partial charge in [-0.2, -0.15) is 0 Å². The summed E-state index contributed by atoms with van der Waals surface area (Å²) >= 11 is 0. The van der Waals surface area contributed by atoms with Crippen LogP contribution in [0.2, 0.25) is 0 Å². The van der Waals surface area contributed by atoms with E-state index in [1.807, 2.05) is 0 Å². The Kier molecular flexibility index (Phi) is 1.35. The average Bonchev–Trinajstić information content (AvgIpc) is 3.37. The van der Waals surface area contributed by atoms with E-state index in [0.29, 0.717) is 5.54 Å². The van der Waals surface area contributed by atoms with Crippen LogP contribution in [0, 0.1) is 107 Å². The number of nitrogens with two attached hydrogens (primary N) is 1. The molecule has 1 heteroatoms. The summed E-state index contributed by atoms with van der Waals surface area (Å²) < 4.78 is 0. The first-order chi connectivity index (χ1) is 11.7. The van der Waals surface area contributed by atoms with Gasteiger partial charge in [-0.25, -0.2) is 0 Å². The summed E-state index contributed by atoms with van der Waals surface area (Å²) in [5, 5.41) is 0. The summed E-state index contributed by atoms with van der Waals surface area (Å²) in [6, 6.07) is 0. The van der Waals surface area contributed by atoms with Crippen LogP contribution in [0.3, 0.4) is 0 Å². The quantitative estimate of drug-likeness (QED) is 0.682. The van der Waals surface area contributed by atoms with Gasteiger partial charge in [0.15, 0.2) is 0 Å². The summed E-state index contributed by atoms with van der Waals surface area (Å²) in [7, 11) is 0. The van der Waals surface area contributed by atoms with Gasteiger partial charge >= 0.3 is 0 Å². The zero-order chi connectivity index (χ0) is 15.0. The lowest BCUT2D eigenvalue weighted by molar-refractivity contribution is -0.415. The monoisotopic (exact) mass is 319 g/mol. The van der Waals surface area contributed by atoms with Gasteiger partial charge in [0.1, 0.15) is 0 Å². The predicted molar refractivity (Wildman–Crippen MR) is 89.3 cm³/mol. The third kappa shape index (κ3) is 0.743. The fraction of sp³-hybridized carbons (Fsp3) is 1.00. The molecule has 2 N–H and O–H groups in total. The van der Waals surface area contributed by atoms with Gasteiger partial charge in [0, 0.05) is 5.54 Å². The lowest BCUT2D eigenvalue weighted by atomic mass is 9.15. The summed E-state index contributed by atoms with van der Waals surface area (Å²) in [6.45, 7) is 2.66. The zero-order valence-electron chi connectivity index (χ0n) is 14.6. The maximum atomic E-state index is 7.49. The first kappa shape index (κ1) is 11.6. The van der Waals surface area contributed by atoms with Gasteiger partial charge in [0.25, 0.3) is 0 Å². The van der Waals surface area contributed by atoms with E-state index in [1.165, 1.54) is 47.3 Å². The SMILES string of the molecule is CC1C2CC(C3C4CC4C23)C2(N)C1C1C3C4C5C6CC6C5C4C3C12. The van der Waals surface area contributed by atoms with Crippen molar-refractivity contribution in [1.82, 2.24) is 0 Å². The van der Waals surface area contributed by atoms with Crippen molar-refractivity contribution in [1.29, 1.82) is 0 Å². The Balaban J connectivity index is 1.10. The maximum Gasteiger partial charge on any atom is 0.0254 e. The highest BCUT2D eigenvalue weighted by molar-refractivity contribution is 5.41. The van der Waals surface area contributed by atoms with Crippen molar-refractivity contribution < 1.29 is 0 Å². The van der Waals surface area contributed by atoms with Crippen molar-refractivity contribution in [3.63, 3.8) is 0 Å². The van der Waals surface area contributed by atoms with Crippen LogP contribution >= 0.6 is 0 Å². The minimum absolute atomic E-state index is 0.331. The highest BCUT2D eigenvalue weighted by Gasteiger charge is 2.92. The predicted octanol–water partition coefficient (Wildman–Crippen LogP) is 3.10. The number of hydrogen-bond acceptors (Lipinski definition) is 1. The highest BCUT2D eigenvalue weighted by atomic mass is 15.0. The molecule has 0 aliphatic heterocycles. The molecule has 2 bridgehead atoms. The van der Waals surface area contributed by atoms with E-state index in [-0.39, 0.29) is 0 Å². The molecule has 19 atom stereocenters. The summed E-state index contributed by atoms with van der Waals surface area (Å²) in [5.41, 5.74) is 7.82. The minimum atomic E-state index is 0.331. The van der Waals surface area contributed by atoms with Gasteiger partial charge < -0.3 is 5.73 Å². The molecule has 0 aromatic rings. The van der Waals surface area contributed by atoms with E-state index in [0.717, 1.165) is 59.2 Å². The molecule has 126 valence electrons. The molecule has 19 unspecified atom stereocenters. The second-order valence-electron chi connectivity index (χ2n) is 12.7. The van der Waals surface area contributed by atoms with Crippen molar-refractivity contribution in [2.24, 2.45) is 112 Å². The molecule has 10 fully saturated rings. The molecule has 0 spiro atoms. The third-order valence-electron chi connectivity index (χ3n) is 13.5. The normalized spacial score (nSPS) is 92.2. The van der Waals surface area contributed by atoms with Gasteiger partial charge in [-0.3, -0.25) is 0 Å². The van der Waals surface area contributed by atoms with Crippen LogP contribution in [0.15, 0.2) is 0 Å². The first-order valence-electron chi connectivity index (χ1n) is 11.5. The molecule has 0 saturated heterocycles. The molecular weight excluding hydrogens is 290 g/mol. The maximum absolute atomic E-state index is 7.49. The average molecular weight is 319 g/mol. The molecule has 10 aliphatic rings. The molecule has 0 aromatic carbocycles. The number of rotatable bonds is 0. The van der Waals surface area contributed by atoms with E-state index in [9.17, 15) is 0 Å². The summed E-state index contributed by atoms with van der Waals surface area (Å²) in [6.07, 6.45) is 4.80. The number of hydrogen-bond donors (Lipinski definition) is 1. The van der Waals surface area contributed by atoms with Crippen molar-refractivity contribution >= 4 is 0 Å². The Morgan fingerprint density at radius 2 is 1.21 bits per heavy atom. The van der Waals surface area contributed by atoms with E-state index in [4.69, 9.17) is 5.73 Å². The highest BCUT2D eigenvalue weighted by Crippen LogP contribution is 2.93. The fourth-order valence-corrected chi connectivity index (χ4v) is 13.3. The molecule has 10 aliphatic carbocycles. The van der Waals surface area contributed by atoms with Gasteiger partial charge in [-0.1, -0.05) is 6.92 Å². The van der Waals surface area contributed by atoms with Crippen LogP contribution < -0.4 is 5.73 Å². The van der Waals surface area contributed by atoms with E-state index < -0.39 is 0 Å². The Morgan fingerprint density at radius 3 is 2.00 bits per heavy atom. The number of fused-ring (bicyclic) bond motifs is 25. The van der Waals surface area contributed by atoms with Crippen LogP contribution in [0.5, 0.6) is 0 Å². The van der Waals surface area contributed by atoms with Gasteiger partial charge in [-0.15, -0.1) is 0 Å². The Morgan fingerprint density at radius 1 is 0.583 bits per heavy atom. The lowest BCUT2D eigenvalue weighted by Gasteiger charge is -2.90. The van der Waals surface area contributed by atoms with Gasteiger partial charge in [0.05, 0.1) is 0 Å². The molecule has 1 nitrogen and oxygen atoms in total. The van der Waals surface area contributed by atoms with Crippen LogP contribution in [-0.2, 0) is 0 Å². The summed E-state index contributed by atoms with van der Waals surface area (Å²) in [4.78, 5) is 0. The molecule has 24 heavy (non-hydrogen) atoms. The van der Waals surface area contributed by atoms with Crippen molar-refractivity contribution in [2.45, 2.75) is 31.7 Å². The second-order valence-corrected chi connectivity index (χ2v) is 12.7. The molecule has 0 radical (unpaired) electrons. The van der Waals surface area contributed by atoms with E-state index in [1.54, 1.807) is 19.3 Å². The third-order valence-corrected chi connectivity index (χ3v) is 13.5. The largest absolute Gasteiger partial charge is 0.324 e. The molecule has 10 rings (SSSR count). The molecule has 0 aromatic heterocycles. The molecular formula is C23H29N. The smallest absolute Gasteiger partial charge is 0.0254 e. The Labute approximate surface area is 144 Å². The van der Waals surface area contributed by atoms with Crippen LogP contribution in [-0.4, -0.2) is 5.54 Å². The van der Waals surface area contributed by atoms with Crippen molar-refractivity contribution in [3.05, 3.63) is 0 Å². The van der Waals surface area contributed by atoms with E-state index in [2.05, 4.69) is 6.92 Å². The topological polar surface area (TPSA) is 26.0 Å². The van der Waals surface area contributed by atoms with Crippen molar-refractivity contribution in [3.8, 4) is 0 Å². The van der Waals surface area contributed by atoms with E-state index >= 15 is 0 Å². The zero-order valence-corrected chi connectivity index (χ0v) is 14.6. The molecule has 0 heterocycles. The van der Waals surface area contributed by atoms with Crippen LogP contribution in [0.4, 0.5) is 0 Å². The van der Waals surface area contributed by atoms with Gasteiger partial charge in [0.2, 0.25) is 0 Å². The Bertz CT molecular complexity index is 757. The minimum Gasteiger partial charge on any atom is -0.324 e. The second kappa shape index (κ2) is 2.79. The van der Waals surface area contributed by atoms with Crippen LogP contribution in [0.25, 0.3) is 0 Å². The lowest BCUT2D eigenvalue weighted by Crippen LogP contribution is -2.91. The van der Waals surface area contributed by atoms with Crippen LogP contribution in [0.1, 0.15) is 26.2 Å². The fourth-order valence-electron chi connectivity index (χ4n) is 13.3. The first-order valence-corrected chi connectivity index (χ1v) is 11.5. The summed E-state index contributed by atoms with van der Waals surface area (Å²) in [5.74, 6) is 20.5. The molecule has 0 amide bonds. The standard InChI is InChI=1S/C23H29N/c1-5-6-4-11(13-8-2-7(8)12(6)13)23(24)21(5)20-18-16-14-9-3-10(9)15(14)17(16)19(18)22(20)23/h5-22H,2-4,24H2,1H3. The van der Waals surface area contributed by atoms with Gasteiger partial charge in [-0.05, 0) is 126 Å².